The summed E-state index contributed by atoms with van der Waals surface area (Å²) >= 11 is 7.99. The third kappa shape index (κ3) is 6.90. The van der Waals surface area contributed by atoms with Gasteiger partial charge >= 0.3 is 0 Å². The van der Waals surface area contributed by atoms with Crippen LogP contribution in [0, 0.1) is 10.5 Å². The van der Waals surface area contributed by atoms with Gasteiger partial charge in [-0.15, -0.1) is 0 Å². The van der Waals surface area contributed by atoms with E-state index in [0.29, 0.717) is 26.3 Å². The number of aromatic nitrogens is 1. The van der Waals surface area contributed by atoms with Gasteiger partial charge in [0.1, 0.15) is 5.15 Å². The van der Waals surface area contributed by atoms with Gasteiger partial charge in [-0.3, -0.25) is 9.59 Å². The van der Waals surface area contributed by atoms with Crippen molar-refractivity contribution in [2.24, 2.45) is 5.10 Å². The van der Waals surface area contributed by atoms with Gasteiger partial charge in [0.05, 0.1) is 22.5 Å². The Hall–Kier alpha value is -3.18. The molecule has 0 fully saturated rings. The summed E-state index contributed by atoms with van der Waals surface area (Å²) in [5, 5.41) is 6.83. The summed E-state index contributed by atoms with van der Waals surface area (Å²) < 4.78 is 11.8. The highest BCUT2D eigenvalue weighted by atomic mass is 127. The molecule has 2 N–H and O–H groups in total. The van der Waals surface area contributed by atoms with E-state index in [1.54, 1.807) is 24.3 Å². The minimum absolute atomic E-state index is 0.0920. The normalized spacial score (nSPS) is 10.7. The molecule has 0 bridgehead atoms. The van der Waals surface area contributed by atoms with E-state index >= 15 is 0 Å². The van der Waals surface area contributed by atoms with Gasteiger partial charge in [-0.05, 0) is 71.5 Å². The summed E-state index contributed by atoms with van der Waals surface area (Å²) in [6, 6.07) is 14.1. The van der Waals surface area contributed by atoms with Crippen molar-refractivity contribution in [2.45, 2.75) is 6.92 Å². The molecule has 2 aromatic carbocycles. The fourth-order valence-corrected chi connectivity index (χ4v) is 3.69. The van der Waals surface area contributed by atoms with Crippen LogP contribution in [0.1, 0.15) is 21.5 Å². The van der Waals surface area contributed by atoms with E-state index in [2.05, 4.69) is 43.4 Å². The number of methoxy groups -OCH3 is 1. The van der Waals surface area contributed by atoms with Crippen LogP contribution in [0.15, 0.2) is 59.8 Å². The van der Waals surface area contributed by atoms with Gasteiger partial charge in [0, 0.05) is 11.9 Å². The molecule has 0 aliphatic rings. The molecule has 33 heavy (non-hydrogen) atoms. The second-order valence-electron chi connectivity index (χ2n) is 6.78. The maximum atomic E-state index is 12.2. The number of hydrogen-bond donors (Lipinski definition) is 2. The van der Waals surface area contributed by atoms with Crippen LogP contribution < -0.4 is 20.2 Å². The molecule has 2 amide bonds. The van der Waals surface area contributed by atoms with Crippen LogP contribution in [0.4, 0.5) is 5.69 Å². The van der Waals surface area contributed by atoms with E-state index in [0.717, 1.165) is 5.56 Å². The Morgan fingerprint density at radius 1 is 1.21 bits per heavy atom. The molecule has 8 nitrogen and oxygen atoms in total. The van der Waals surface area contributed by atoms with E-state index in [1.807, 2.05) is 31.2 Å². The number of hydrogen-bond acceptors (Lipinski definition) is 6. The predicted octanol–water partition coefficient (Wildman–Crippen LogP) is 4.44. The van der Waals surface area contributed by atoms with Crippen molar-refractivity contribution in [1.82, 2.24) is 10.4 Å². The number of aryl methyl sites for hydroxylation is 1. The summed E-state index contributed by atoms with van der Waals surface area (Å²) in [6.07, 6.45) is 2.95. The summed E-state index contributed by atoms with van der Waals surface area (Å²) in [5.74, 6) is 0.0817. The molecule has 170 valence electrons. The zero-order valence-corrected chi connectivity index (χ0v) is 20.7. The fourth-order valence-electron chi connectivity index (χ4n) is 2.71. The highest BCUT2D eigenvalue weighted by molar-refractivity contribution is 14.1. The molecule has 3 rings (SSSR count). The molecule has 0 saturated carbocycles. The first kappa shape index (κ1) is 24.5. The van der Waals surface area contributed by atoms with Gasteiger partial charge in [-0.25, -0.2) is 10.4 Å². The molecular weight excluding hydrogens is 559 g/mol. The zero-order chi connectivity index (χ0) is 23.8. The largest absolute Gasteiger partial charge is 0.493 e. The quantitative estimate of drug-likeness (QED) is 0.178. The number of hydrazone groups is 1. The number of amides is 2. The van der Waals surface area contributed by atoms with Crippen molar-refractivity contribution in [2.75, 3.05) is 19.0 Å². The fraction of sp³-hybridized carbons (Fsp3) is 0.130. The number of nitrogens with zero attached hydrogens (tertiary/aromatic N) is 2. The molecule has 0 aliphatic carbocycles. The number of carbonyl (C=O) groups is 2. The van der Waals surface area contributed by atoms with Crippen LogP contribution in [-0.4, -0.2) is 36.7 Å². The molecule has 1 heterocycles. The van der Waals surface area contributed by atoms with Gasteiger partial charge < -0.3 is 14.8 Å². The molecule has 1 aromatic heterocycles. The molecule has 3 aromatic rings. The second kappa shape index (κ2) is 11.6. The molecule has 0 radical (unpaired) electrons. The number of halogens is 2. The van der Waals surface area contributed by atoms with E-state index in [-0.39, 0.29) is 23.2 Å². The second-order valence-corrected chi connectivity index (χ2v) is 8.30. The van der Waals surface area contributed by atoms with Gasteiger partial charge in [0.15, 0.2) is 18.1 Å². The van der Waals surface area contributed by atoms with Crippen LogP contribution in [0.2, 0.25) is 5.15 Å². The molecule has 0 aliphatic heterocycles. The Bertz CT molecular complexity index is 1190. The van der Waals surface area contributed by atoms with Crippen molar-refractivity contribution >= 4 is 57.9 Å². The van der Waals surface area contributed by atoms with Crippen LogP contribution in [0.25, 0.3) is 0 Å². The Balaban J connectivity index is 1.63. The third-order valence-corrected chi connectivity index (χ3v) is 5.42. The average molecular weight is 579 g/mol. The predicted molar refractivity (Wildman–Crippen MR) is 135 cm³/mol. The van der Waals surface area contributed by atoms with Crippen molar-refractivity contribution in [3.8, 4) is 11.5 Å². The minimum Gasteiger partial charge on any atom is -0.493 e. The molecule has 0 unspecified atom stereocenters. The molecule has 10 heteroatoms. The van der Waals surface area contributed by atoms with Gasteiger partial charge in [0.25, 0.3) is 11.8 Å². The smallest absolute Gasteiger partial charge is 0.274 e. The minimum atomic E-state index is -0.481. The Morgan fingerprint density at radius 3 is 2.67 bits per heavy atom. The Morgan fingerprint density at radius 2 is 1.97 bits per heavy atom. The van der Waals surface area contributed by atoms with E-state index in [4.69, 9.17) is 21.1 Å². The van der Waals surface area contributed by atoms with Gasteiger partial charge in [-0.1, -0.05) is 29.3 Å². The number of nitrogens with one attached hydrogen (secondary N) is 2. The maximum Gasteiger partial charge on any atom is 0.274 e. The number of rotatable bonds is 8. The zero-order valence-electron chi connectivity index (χ0n) is 17.8. The highest BCUT2D eigenvalue weighted by Gasteiger charge is 2.14. The summed E-state index contributed by atoms with van der Waals surface area (Å²) in [5.41, 5.74) is 5.08. The van der Waals surface area contributed by atoms with Gasteiger partial charge in [-0.2, -0.15) is 5.10 Å². The number of ether oxygens (including phenoxy) is 2. The highest BCUT2D eigenvalue weighted by Crippen LogP contribution is 2.33. The standard InChI is InChI=1S/C23H20ClIN4O4/c1-14-5-7-16(8-6-14)28-20(30)13-33-21-18(25)10-15(11-19(21)32-2)12-27-29-23(31)17-4-3-9-26-22(17)24/h3-12H,13H2,1-2H3,(H,28,30)(H,29,31). The monoisotopic (exact) mass is 578 g/mol. The number of carbonyl (C=O) groups excluding carboxylic acids is 2. The maximum absolute atomic E-state index is 12.2. The lowest BCUT2D eigenvalue weighted by molar-refractivity contribution is -0.118. The first-order valence-corrected chi connectivity index (χ1v) is 11.1. The number of anilines is 1. The average Bonchev–Trinajstić information content (AvgIpc) is 2.79. The summed E-state index contributed by atoms with van der Waals surface area (Å²) in [4.78, 5) is 28.3. The summed E-state index contributed by atoms with van der Waals surface area (Å²) in [6.45, 7) is 1.79. The third-order valence-electron chi connectivity index (χ3n) is 4.32. The van der Waals surface area contributed by atoms with Crippen molar-refractivity contribution < 1.29 is 19.1 Å². The number of benzene rings is 2. The lowest BCUT2D eigenvalue weighted by Gasteiger charge is -2.13. The molecular formula is C23H20ClIN4O4. The van der Waals surface area contributed by atoms with Crippen molar-refractivity contribution in [1.29, 1.82) is 0 Å². The van der Waals surface area contributed by atoms with E-state index < -0.39 is 5.91 Å². The SMILES string of the molecule is COc1cc(C=NNC(=O)c2cccnc2Cl)cc(I)c1OCC(=O)Nc1ccc(C)cc1. The first-order valence-electron chi connectivity index (χ1n) is 9.68. The lowest BCUT2D eigenvalue weighted by Crippen LogP contribution is -2.20. The van der Waals surface area contributed by atoms with Crippen LogP contribution in [0.3, 0.4) is 0 Å². The summed E-state index contributed by atoms with van der Waals surface area (Å²) in [7, 11) is 1.50. The van der Waals surface area contributed by atoms with Crippen molar-refractivity contribution in [3.05, 3.63) is 80.1 Å². The van der Waals surface area contributed by atoms with Crippen LogP contribution in [-0.2, 0) is 4.79 Å². The Labute approximate surface area is 209 Å². The first-order chi connectivity index (χ1) is 15.9. The van der Waals surface area contributed by atoms with E-state index in [9.17, 15) is 9.59 Å². The van der Waals surface area contributed by atoms with Gasteiger partial charge in [0.2, 0.25) is 0 Å². The topological polar surface area (TPSA) is 102 Å². The van der Waals surface area contributed by atoms with Crippen LogP contribution >= 0.6 is 34.2 Å². The van der Waals surface area contributed by atoms with Crippen molar-refractivity contribution in [3.63, 3.8) is 0 Å². The Kier molecular flexibility index (Phi) is 8.61. The molecule has 0 saturated heterocycles. The van der Waals surface area contributed by atoms with E-state index in [1.165, 1.54) is 19.5 Å². The van der Waals surface area contributed by atoms with Crippen LogP contribution in [0.5, 0.6) is 11.5 Å². The number of pyridine rings is 1. The lowest BCUT2D eigenvalue weighted by atomic mass is 10.2. The molecule has 0 atom stereocenters. The molecule has 0 spiro atoms.